The molecular formula is C12H22O2. The highest BCUT2D eigenvalue weighted by atomic mass is 16.5. The molecule has 1 heterocycles. The molecule has 1 saturated carbocycles. The molecule has 1 aliphatic carbocycles. The summed E-state index contributed by atoms with van der Waals surface area (Å²) in [6.45, 7) is 6.22. The monoisotopic (exact) mass is 198 g/mol. The second-order valence-corrected chi connectivity index (χ2v) is 5.83. The molecule has 0 aromatic heterocycles. The van der Waals surface area contributed by atoms with Crippen molar-refractivity contribution in [3.63, 3.8) is 0 Å². The van der Waals surface area contributed by atoms with Crippen molar-refractivity contribution < 1.29 is 9.84 Å². The largest absolute Gasteiger partial charge is 0.390 e. The van der Waals surface area contributed by atoms with Gasteiger partial charge in [-0.15, -0.1) is 0 Å². The van der Waals surface area contributed by atoms with Crippen molar-refractivity contribution in [2.45, 2.75) is 51.6 Å². The standard InChI is InChI=1S/C12H22O2/c1-11(2)4-6-12(13,7-5-11)10-3-8-14-9-10/h10,13H,3-9H2,1-2H3. The van der Waals surface area contributed by atoms with Gasteiger partial charge in [0.25, 0.3) is 0 Å². The SMILES string of the molecule is CC1(C)CCC(O)(C2CCOC2)CC1. The first-order valence-corrected chi connectivity index (χ1v) is 5.82. The molecule has 14 heavy (non-hydrogen) atoms. The maximum absolute atomic E-state index is 10.5. The number of aliphatic hydroxyl groups is 1. The zero-order valence-electron chi connectivity index (χ0n) is 9.38. The van der Waals surface area contributed by atoms with Crippen molar-refractivity contribution in [2.75, 3.05) is 13.2 Å². The lowest BCUT2D eigenvalue weighted by Gasteiger charge is -2.43. The first kappa shape index (κ1) is 10.4. The van der Waals surface area contributed by atoms with E-state index in [0.29, 0.717) is 11.3 Å². The lowest BCUT2D eigenvalue weighted by atomic mass is 9.66. The van der Waals surface area contributed by atoms with Gasteiger partial charge in [-0.3, -0.25) is 0 Å². The van der Waals surface area contributed by atoms with Gasteiger partial charge >= 0.3 is 0 Å². The van der Waals surface area contributed by atoms with E-state index in [0.717, 1.165) is 45.3 Å². The van der Waals surface area contributed by atoms with Crippen LogP contribution in [-0.4, -0.2) is 23.9 Å². The molecule has 2 aliphatic rings. The summed E-state index contributed by atoms with van der Waals surface area (Å²) in [5.41, 5.74) is 0.0255. The number of rotatable bonds is 1. The maximum atomic E-state index is 10.5. The Labute approximate surface area is 86.6 Å². The van der Waals surface area contributed by atoms with Gasteiger partial charge in [-0.1, -0.05) is 13.8 Å². The minimum absolute atomic E-state index is 0.401. The minimum atomic E-state index is -0.411. The molecule has 0 aromatic carbocycles. The van der Waals surface area contributed by atoms with Crippen LogP contribution >= 0.6 is 0 Å². The van der Waals surface area contributed by atoms with Gasteiger partial charge in [0, 0.05) is 12.5 Å². The Bertz CT molecular complexity index is 194. The molecule has 1 atom stereocenters. The van der Waals surface area contributed by atoms with E-state index in [-0.39, 0.29) is 0 Å². The van der Waals surface area contributed by atoms with Crippen LogP contribution in [0.2, 0.25) is 0 Å². The van der Waals surface area contributed by atoms with E-state index in [1.54, 1.807) is 0 Å². The van der Waals surface area contributed by atoms with E-state index in [9.17, 15) is 5.11 Å². The molecule has 1 N–H and O–H groups in total. The molecule has 0 amide bonds. The van der Waals surface area contributed by atoms with Crippen molar-refractivity contribution >= 4 is 0 Å². The van der Waals surface area contributed by atoms with Gasteiger partial charge in [0.15, 0.2) is 0 Å². The summed E-state index contributed by atoms with van der Waals surface area (Å²) in [6, 6.07) is 0. The van der Waals surface area contributed by atoms with Crippen molar-refractivity contribution in [3.05, 3.63) is 0 Å². The van der Waals surface area contributed by atoms with Gasteiger partial charge in [0.05, 0.1) is 12.2 Å². The molecule has 0 radical (unpaired) electrons. The lowest BCUT2D eigenvalue weighted by Crippen LogP contribution is -2.43. The minimum Gasteiger partial charge on any atom is -0.390 e. The molecule has 82 valence electrons. The first-order valence-electron chi connectivity index (χ1n) is 5.82. The fourth-order valence-electron chi connectivity index (χ4n) is 2.73. The van der Waals surface area contributed by atoms with Crippen molar-refractivity contribution in [1.82, 2.24) is 0 Å². The van der Waals surface area contributed by atoms with E-state index in [1.807, 2.05) is 0 Å². The van der Waals surface area contributed by atoms with Crippen molar-refractivity contribution in [3.8, 4) is 0 Å². The second-order valence-electron chi connectivity index (χ2n) is 5.83. The highest BCUT2D eigenvalue weighted by Gasteiger charge is 2.43. The smallest absolute Gasteiger partial charge is 0.0699 e. The normalized spacial score (nSPS) is 35.8. The molecule has 0 spiro atoms. The number of hydrogen-bond acceptors (Lipinski definition) is 2. The van der Waals surface area contributed by atoms with E-state index in [4.69, 9.17) is 4.74 Å². The van der Waals surface area contributed by atoms with Crippen molar-refractivity contribution in [2.24, 2.45) is 11.3 Å². The van der Waals surface area contributed by atoms with Crippen LogP contribution in [0.3, 0.4) is 0 Å². The highest BCUT2D eigenvalue weighted by molar-refractivity contribution is 4.94. The van der Waals surface area contributed by atoms with Gasteiger partial charge in [-0.05, 0) is 37.5 Å². The fraction of sp³-hybridized carbons (Fsp3) is 1.00. The van der Waals surface area contributed by atoms with Crippen LogP contribution in [0.15, 0.2) is 0 Å². The average Bonchev–Trinajstić information content (AvgIpc) is 2.64. The molecule has 0 aromatic rings. The van der Waals surface area contributed by atoms with Crippen LogP contribution in [0.1, 0.15) is 46.0 Å². The Morgan fingerprint density at radius 3 is 2.29 bits per heavy atom. The zero-order chi connectivity index (χ0) is 10.2. The summed E-state index contributed by atoms with van der Waals surface area (Å²) in [5.74, 6) is 0.401. The van der Waals surface area contributed by atoms with Crippen molar-refractivity contribution in [1.29, 1.82) is 0 Å². The lowest BCUT2D eigenvalue weighted by molar-refractivity contribution is -0.0723. The van der Waals surface area contributed by atoms with Crippen LogP contribution in [-0.2, 0) is 4.74 Å². The topological polar surface area (TPSA) is 29.5 Å². The third-order valence-electron chi connectivity index (χ3n) is 4.16. The first-order chi connectivity index (χ1) is 6.52. The van der Waals surface area contributed by atoms with Crippen LogP contribution in [0.25, 0.3) is 0 Å². The van der Waals surface area contributed by atoms with Crippen LogP contribution in [0.4, 0.5) is 0 Å². The summed E-state index contributed by atoms with van der Waals surface area (Å²) >= 11 is 0. The van der Waals surface area contributed by atoms with Gasteiger partial charge < -0.3 is 9.84 Å². The summed E-state index contributed by atoms with van der Waals surface area (Å²) in [7, 11) is 0. The third-order valence-corrected chi connectivity index (χ3v) is 4.16. The Hall–Kier alpha value is -0.0800. The molecule has 2 rings (SSSR count). The zero-order valence-corrected chi connectivity index (χ0v) is 9.38. The molecule has 1 aliphatic heterocycles. The van der Waals surface area contributed by atoms with Crippen LogP contribution < -0.4 is 0 Å². The van der Waals surface area contributed by atoms with E-state index in [1.165, 1.54) is 0 Å². The maximum Gasteiger partial charge on any atom is 0.0699 e. The van der Waals surface area contributed by atoms with E-state index in [2.05, 4.69) is 13.8 Å². The van der Waals surface area contributed by atoms with Gasteiger partial charge in [0.2, 0.25) is 0 Å². The predicted octanol–water partition coefficient (Wildman–Crippen LogP) is 2.35. The molecule has 0 bridgehead atoms. The summed E-state index contributed by atoms with van der Waals surface area (Å²) in [4.78, 5) is 0. The Balaban J connectivity index is 1.97. The third kappa shape index (κ3) is 1.96. The summed E-state index contributed by atoms with van der Waals surface area (Å²) in [6.07, 6.45) is 5.29. The fourth-order valence-corrected chi connectivity index (χ4v) is 2.73. The Morgan fingerprint density at radius 2 is 1.79 bits per heavy atom. The molecule has 2 nitrogen and oxygen atoms in total. The highest BCUT2D eigenvalue weighted by Crippen LogP contribution is 2.45. The van der Waals surface area contributed by atoms with Gasteiger partial charge in [-0.25, -0.2) is 0 Å². The van der Waals surface area contributed by atoms with Gasteiger partial charge in [-0.2, -0.15) is 0 Å². The van der Waals surface area contributed by atoms with Crippen LogP contribution in [0, 0.1) is 11.3 Å². The predicted molar refractivity (Wildman–Crippen MR) is 56.1 cm³/mol. The van der Waals surface area contributed by atoms with E-state index < -0.39 is 5.60 Å². The molecule has 1 saturated heterocycles. The van der Waals surface area contributed by atoms with Crippen LogP contribution in [0.5, 0.6) is 0 Å². The Morgan fingerprint density at radius 1 is 1.14 bits per heavy atom. The Kier molecular flexibility index (Phi) is 2.61. The number of hydrogen-bond donors (Lipinski definition) is 1. The number of ether oxygens (including phenoxy) is 1. The molecule has 1 unspecified atom stereocenters. The second kappa shape index (κ2) is 3.49. The quantitative estimate of drug-likeness (QED) is 0.701. The molecule has 2 heteroatoms. The summed E-state index contributed by atoms with van der Waals surface area (Å²) < 4.78 is 5.37. The van der Waals surface area contributed by atoms with E-state index >= 15 is 0 Å². The molecule has 2 fully saturated rings. The molecular weight excluding hydrogens is 176 g/mol. The summed E-state index contributed by atoms with van der Waals surface area (Å²) in [5, 5.41) is 10.5. The van der Waals surface area contributed by atoms with Gasteiger partial charge in [0.1, 0.15) is 0 Å². The average molecular weight is 198 g/mol.